The van der Waals surface area contributed by atoms with E-state index in [1.165, 1.54) is 0 Å². The van der Waals surface area contributed by atoms with E-state index < -0.39 is 23.9 Å². The smallest absolute Gasteiger partial charge is 0.416 e. The van der Waals surface area contributed by atoms with Gasteiger partial charge in [-0.15, -0.1) is 5.92 Å². The Kier molecular flexibility index (Phi) is 6.80. The Bertz CT molecular complexity index is 982. The summed E-state index contributed by atoms with van der Waals surface area (Å²) in [6, 6.07) is 8.93. The summed E-state index contributed by atoms with van der Waals surface area (Å²) >= 11 is 0. The second kappa shape index (κ2) is 9.51. The van der Waals surface area contributed by atoms with Gasteiger partial charge in [-0.25, -0.2) is 14.8 Å². The Morgan fingerprint density at radius 3 is 2.52 bits per heavy atom. The number of anilines is 1. The Balaban J connectivity index is 1.66. The number of halogens is 3. The van der Waals surface area contributed by atoms with Gasteiger partial charge in [0.2, 0.25) is 5.95 Å². The Morgan fingerprint density at radius 1 is 1.23 bits per heavy atom. The summed E-state index contributed by atoms with van der Waals surface area (Å²) in [5.41, 5.74) is -0.319. The highest BCUT2D eigenvalue weighted by Crippen LogP contribution is 2.31. The molecule has 1 aliphatic rings. The number of piperazine rings is 1. The third-order valence-corrected chi connectivity index (χ3v) is 4.74. The Hall–Kier alpha value is -3.54. The van der Waals surface area contributed by atoms with Crippen molar-refractivity contribution in [2.75, 3.05) is 24.5 Å². The second-order valence-electron chi connectivity index (χ2n) is 6.84. The van der Waals surface area contributed by atoms with E-state index in [4.69, 9.17) is 4.74 Å². The first-order chi connectivity index (χ1) is 14.8. The standard InChI is InChI=1S/C22H21F3N4O2/c1-3-7-19-14-28(21(30)31-15-17-8-5-4-6-9-17)10-11-29(19)20-26-12-18(13-27-20)16(2)22(23,24)25/h4-6,8-9,12-13,19H,2,10-11,14-15H2,1H3/t19-/m0/s1. The number of hydrogen-bond donors (Lipinski definition) is 0. The topological polar surface area (TPSA) is 58.6 Å². The molecule has 0 saturated carbocycles. The molecule has 31 heavy (non-hydrogen) atoms. The molecule has 2 aromatic rings. The monoisotopic (exact) mass is 430 g/mol. The molecule has 1 atom stereocenters. The molecule has 1 fully saturated rings. The van der Waals surface area contributed by atoms with Crippen LogP contribution in [0.25, 0.3) is 5.57 Å². The van der Waals surface area contributed by atoms with Crippen molar-refractivity contribution in [3.8, 4) is 11.8 Å². The first-order valence-electron chi connectivity index (χ1n) is 9.52. The summed E-state index contributed by atoms with van der Waals surface area (Å²) in [5, 5.41) is 0. The van der Waals surface area contributed by atoms with Crippen LogP contribution in [0, 0.1) is 11.8 Å². The SMILES string of the molecule is C=C(c1cnc(N2CCN(C(=O)OCc3ccccc3)C[C@@H]2C#CC)nc1)C(F)(F)F. The molecular weight excluding hydrogens is 409 g/mol. The summed E-state index contributed by atoms with van der Waals surface area (Å²) < 4.78 is 43.8. The van der Waals surface area contributed by atoms with E-state index in [9.17, 15) is 18.0 Å². The summed E-state index contributed by atoms with van der Waals surface area (Å²) in [6.07, 6.45) is -2.82. The number of ether oxygens (including phenoxy) is 1. The van der Waals surface area contributed by atoms with Gasteiger partial charge in [0.05, 0.1) is 12.1 Å². The Morgan fingerprint density at radius 2 is 1.90 bits per heavy atom. The molecule has 3 rings (SSSR count). The largest absolute Gasteiger partial charge is 0.445 e. The lowest BCUT2D eigenvalue weighted by Crippen LogP contribution is -2.55. The lowest BCUT2D eigenvalue weighted by Gasteiger charge is -2.38. The maximum absolute atomic E-state index is 12.8. The molecule has 0 N–H and O–H groups in total. The van der Waals surface area contributed by atoms with Gasteiger partial charge in [0.25, 0.3) is 0 Å². The molecular formula is C22H21F3N4O2. The summed E-state index contributed by atoms with van der Waals surface area (Å²) in [5.74, 6) is 6.06. The van der Waals surface area contributed by atoms with Crippen molar-refractivity contribution in [3.05, 3.63) is 60.4 Å². The lowest BCUT2D eigenvalue weighted by molar-refractivity contribution is -0.0687. The minimum atomic E-state index is -4.55. The molecule has 1 aromatic carbocycles. The zero-order valence-corrected chi connectivity index (χ0v) is 16.9. The van der Waals surface area contributed by atoms with E-state index in [0.29, 0.717) is 13.1 Å². The Labute approximate surface area is 178 Å². The van der Waals surface area contributed by atoms with Crippen LogP contribution < -0.4 is 4.90 Å². The third-order valence-electron chi connectivity index (χ3n) is 4.74. The molecule has 1 amide bonds. The number of amides is 1. The van der Waals surface area contributed by atoms with Crippen molar-refractivity contribution in [2.24, 2.45) is 0 Å². The van der Waals surface area contributed by atoms with Gasteiger partial charge < -0.3 is 14.5 Å². The van der Waals surface area contributed by atoms with E-state index >= 15 is 0 Å². The molecule has 0 unspecified atom stereocenters. The average molecular weight is 430 g/mol. The quantitative estimate of drug-likeness (QED) is 0.689. The minimum Gasteiger partial charge on any atom is -0.445 e. The maximum Gasteiger partial charge on any atom is 0.416 e. The highest BCUT2D eigenvalue weighted by molar-refractivity contribution is 5.69. The molecule has 1 aliphatic heterocycles. The van der Waals surface area contributed by atoms with Crippen molar-refractivity contribution in [1.29, 1.82) is 0 Å². The fourth-order valence-corrected chi connectivity index (χ4v) is 3.08. The number of carbonyl (C=O) groups is 1. The summed E-state index contributed by atoms with van der Waals surface area (Å²) in [7, 11) is 0. The number of aromatic nitrogens is 2. The minimum absolute atomic E-state index is 0.164. The first-order valence-corrected chi connectivity index (χ1v) is 9.52. The van der Waals surface area contributed by atoms with Crippen LogP contribution in [0.5, 0.6) is 0 Å². The maximum atomic E-state index is 12.8. The number of nitrogens with zero attached hydrogens (tertiary/aromatic N) is 4. The van der Waals surface area contributed by atoms with Gasteiger partial charge in [0, 0.05) is 31.0 Å². The van der Waals surface area contributed by atoms with E-state index in [1.807, 2.05) is 30.3 Å². The van der Waals surface area contributed by atoms with Crippen LogP contribution >= 0.6 is 0 Å². The zero-order valence-electron chi connectivity index (χ0n) is 16.9. The van der Waals surface area contributed by atoms with Crippen molar-refractivity contribution in [3.63, 3.8) is 0 Å². The van der Waals surface area contributed by atoms with Crippen LogP contribution in [0.4, 0.5) is 23.9 Å². The summed E-state index contributed by atoms with van der Waals surface area (Å²) in [4.78, 5) is 23.9. The number of hydrogen-bond acceptors (Lipinski definition) is 5. The molecule has 0 aliphatic carbocycles. The van der Waals surface area contributed by atoms with E-state index in [0.717, 1.165) is 18.0 Å². The fraction of sp³-hybridized carbons (Fsp3) is 0.318. The predicted octanol–water partition coefficient (Wildman–Crippen LogP) is 3.90. The van der Waals surface area contributed by atoms with Crippen LogP contribution in [-0.4, -0.2) is 52.8 Å². The van der Waals surface area contributed by atoms with E-state index in [-0.39, 0.29) is 24.7 Å². The van der Waals surface area contributed by atoms with Crippen LogP contribution in [0.2, 0.25) is 0 Å². The summed E-state index contributed by atoms with van der Waals surface area (Å²) in [6.45, 7) is 5.85. The first kappa shape index (κ1) is 22.2. The number of carbonyl (C=O) groups excluding carboxylic acids is 1. The third kappa shape index (κ3) is 5.54. The van der Waals surface area contributed by atoms with Gasteiger partial charge in [-0.3, -0.25) is 0 Å². The fourth-order valence-electron chi connectivity index (χ4n) is 3.08. The highest BCUT2D eigenvalue weighted by Gasteiger charge is 2.34. The van der Waals surface area contributed by atoms with Gasteiger partial charge in [-0.05, 0) is 12.5 Å². The molecule has 162 valence electrons. The molecule has 1 aromatic heterocycles. The van der Waals surface area contributed by atoms with E-state index in [1.54, 1.807) is 16.7 Å². The van der Waals surface area contributed by atoms with Crippen molar-refractivity contribution >= 4 is 17.6 Å². The van der Waals surface area contributed by atoms with Crippen molar-refractivity contribution in [1.82, 2.24) is 14.9 Å². The number of rotatable bonds is 4. The van der Waals surface area contributed by atoms with Crippen LogP contribution in [0.3, 0.4) is 0 Å². The molecule has 2 heterocycles. The van der Waals surface area contributed by atoms with E-state index in [2.05, 4.69) is 28.4 Å². The normalized spacial score (nSPS) is 16.3. The molecule has 1 saturated heterocycles. The van der Waals surface area contributed by atoms with Gasteiger partial charge in [-0.2, -0.15) is 13.2 Å². The molecule has 9 heteroatoms. The van der Waals surface area contributed by atoms with Gasteiger partial charge in [0.15, 0.2) is 0 Å². The van der Waals surface area contributed by atoms with Crippen LogP contribution in [0.1, 0.15) is 18.1 Å². The molecule has 0 radical (unpaired) electrons. The molecule has 0 spiro atoms. The molecule has 0 bridgehead atoms. The molecule has 6 nitrogen and oxygen atoms in total. The van der Waals surface area contributed by atoms with Gasteiger partial charge in [-0.1, -0.05) is 42.8 Å². The van der Waals surface area contributed by atoms with Gasteiger partial charge in [0.1, 0.15) is 12.6 Å². The number of benzene rings is 1. The van der Waals surface area contributed by atoms with Crippen LogP contribution in [-0.2, 0) is 11.3 Å². The average Bonchev–Trinajstić information content (AvgIpc) is 2.77. The highest BCUT2D eigenvalue weighted by atomic mass is 19.4. The van der Waals surface area contributed by atoms with Crippen molar-refractivity contribution < 1.29 is 22.7 Å². The predicted molar refractivity (Wildman–Crippen MR) is 110 cm³/mol. The number of alkyl halides is 3. The van der Waals surface area contributed by atoms with Crippen molar-refractivity contribution in [2.45, 2.75) is 25.7 Å². The van der Waals surface area contributed by atoms with Gasteiger partial charge >= 0.3 is 12.3 Å². The van der Waals surface area contributed by atoms with Crippen LogP contribution in [0.15, 0.2) is 49.3 Å². The zero-order chi connectivity index (χ0) is 22.4. The second-order valence-corrected chi connectivity index (χ2v) is 6.84. The lowest BCUT2D eigenvalue weighted by atomic mass is 10.1. The number of allylic oxidation sites excluding steroid dienone is 1.